The van der Waals surface area contributed by atoms with Crippen LogP contribution in [-0.4, -0.2) is 44.5 Å². The van der Waals surface area contributed by atoms with Gasteiger partial charge >= 0.3 is 0 Å². The van der Waals surface area contributed by atoms with E-state index in [1.54, 1.807) is 0 Å². The SMILES string of the molecule is C=CCN(CCC)c1ccc(-c2cc(C(=O)NC=O)c3c(C(CCCCCC)CCCCCC)ccc4c5c(-c6ccc(NCCCCN)cc6)cc(C=C)c6c(CNC(CCCCCC)CCCCCC)ccc(c2c34)c65)cc1.CC. The number of amides is 2. The molecule has 442 valence electrons. The first-order valence-electron chi connectivity index (χ1n) is 32.7. The highest BCUT2D eigenvalue weighted by atomic mass is 16.2. The molecule has 0 atom stereocenters. The van der Waals surface area contributed by atoms with Crippen molar-refractivity contribution in [1.29, 1.82) is 0 Å². The Morgan fingerprint density at radius 2 is 1.13 bits per heavy atom. The van der Waals surface area contributed by atoms with Crippen LogP contribution in [0.1, 0.15) is 229 Å². The third-order valence-electron chi connectivity index (χ3n) is 17.1. The van der Waals surface area contributed by atoms with Gasteiger partial charge in [0.25, 0.3) is 5.91 Å². The second-order valence-electron chi connectivity index (χ2n) is 23.0. The number of hydrogen-bond donors (Lipinski definition) is 4. The van der Waals surface area contributed by atoms with Crippen molar-refractivity contribution < 1.29 is 9.59 Å². The largest absolute Gasteiger partial charge is 0.385 e. The number of unbranched alkanes of at least 4 members (excludes halogenated alkanes) is 13. The van der Waals surface area contributed by atoms with Crippen LogP contribution in [0.4, 0.5) is 11.4 Å². The number of nitrogens with two attached hydrogens (primary N) is 1. The predicted octanol–water partition coefficient (Wildman–Crippen LogP) is 20.6. The Labute approximate surface area is 496 Å². The number of imide groups is 1. The highest BCUT2D eigenvalue weighted by molar-refractivity contribution is 6.40. The van der Waals surface area contributed by atoms with Crippen molar-refractivity contribution in [3.8, 4) is 22.3 Å². The molecule has 0 radical (unpaired) electrons. The van der Waals surface area contributed by atoms with E-state index in [0.29, 0.717) is 24.6 Å². The fourth-order valence-corrected chi connectivity index (χ4v) is 12.9. The van der Waals surface area contributed by atoms with Gasteiger partial charge in [0, 0.05) is 49.2 Å². The fraction of sp³-hybridized carbons (Fsp3) is 0.493. The molecule has 0 unspecified atom stereocenters. The molecule has 5 N–H and O–H groups in total. The van der Waals surface area contributed by atoms with Crippen LogP contribution in [-0.2, 0) is 11.3 Å². The number of nitrogens with zero attached hydrogens (tertiary/aromatic N) is 1. The summed E-state index contributed by atoms with van der Waals surface area (Å²) in [6.07, 6.45) is 31.6. The number of fused-ring (bicyclic) bond motifs is 2. The highest BCUT2D eigenvalue weighted by Gasteiger charge is 2.29. The molecule has 0 aliphatic carbocycles. The molecule has 7 heteroatoms. The maximum absolute atomic E-state index is 15.0. The topological polar surface area (TPSA) is 99.5 Å². The van der Waals surface area contributed by atoms with Crippen molar-refractivity contribution in [3.63, 3.8) is 0 Å². The molecule has 0 aliphatic rings. The van der Waals surface area contributed by atoms with Crippen LogP contribution < -0.4 is 26.6 Å². The molecule has 7 nitrogen and oxygen atoms in total. The Kier molecular flexibility index (Phi) is 28.0. The molecule has 0 aromatic heterocycles. The summed E-state index contributed by atoms with van der Waals surface area (Å²) in [7, 11) is 0. The van der Waals surface area contributed by atoms with Gasteiger partial charge in [0.1, 0.15) is 0 Å². The summed E-state index contributed by atoms with van der Waals surface area (Å²) in [6.45, 7) is 28.0. The van der Waals surface area contributed by atoms with Crippen LogP contribution in [0, 0.1) is 0 Å². The number of rotatable bonds is 39. The lowest BCUT2D eigenvalue weighted by atomic mass is 9.77. The molecule has 0 saturated carbocycles. The Morgan fingerprint density at radius 3 is 1.67 bits per heavy atom. The minimum Gasteiger partial charge on any atom is -0.385 e. The molecule has 0 heterocycles. The number of anilines is 2. The van der Waals surface area contributed by atoms with Gasteiger partial charge in [-0.2, -0.15) is 0 Å². The summed E-state index contributed by atoms with van der Waals surface area (Å²) in [5.74, 6) is -0.126. The van der Waals surface area contributed by atoms with Crippen molar-refractivity contribution in [2.75, 3.05) is 36.4 Å². The Morgan fingerprint density at radius 1 is 0.585 bits per heavy atom. The molecule has 7 rings (SSSR count). The van der Waals surface area contributed by atoms with Crippen LogP contribution in [0.5, 0.6) is 0 Å². The van der Waals surface area contributed by atoms with Crippen LogP contribution >= 0.6 is 0 Å². The van der Waals surface area contributed by atoms with Gasteiger partial charge in [-0.25, -0.2) is 0 Å². The molecule has 82 heavy (non-hydrogen) atoms. The first-order valence-corrected chi connectivity index (χ1v) is 32.7. The van der Waals surface area contributed by atoms with Crippen molar-refractivity contribution in [2.45, 2.75) is 215 Å². The van der Waals surface area contributed by atoms with Crippen molar-refractivity contribution in [3.05, 3.63) is 126 Å². The van der Waals surface area contributed by atoms with Crippen LogP contribution in [0.25, 0.3) is 71.4 Å². The summed E-state index contributed by atoms with van der Waals surface area (Å²) >= 11 is 0. The lowest BCUT2D eigenvalue weighted by Crippen LogP contribution is -2.28. The van der Waals surface area contributed by atoms with Gasteiger partial charge in [0.05, 0.1) is 0 Å². The van der Waals surface area contributed by atoms with Gasteiger partial charge in [-0.15, -0.1) is 6.58 Å². The number of hydrogen-bond acceptors (Lipinski definition) is 6. The van der Waals surface area contributed by atoms with Crippen LogP contribution in [0.15, 0.2) is 104 Å². The lowest BCUT2D eigenvalue weighted by molar-refractivity contribution is -0.108. The molecule has 0 aliphatic heterocycles. The standard InChI is InChI=1S/C73H99N5O2.C2H6/c1-8-15-19-23-29-54(30-24-20-16-9-2)61-43-44-63-69-64(55-33-38-59(39-34-55)75-46-28-27-45-74)49-53(14-7)67-57(51-76-58(31-25-21-17-10-3)32-26-22-18-11-4)37-42-62(71(67)69)70-65(50-66(68(61)72(63)70)73(80)77-52-79)56-35-40-60(41-36-56)78(47-12-5)48-13-6;1-2/h12,14,33-44,49-50,52,54,58,75-76H,5,7-11,13,15-32,45-48,51,74H2,1-4,6H3,(H,77,79,80);1-2H3. The van der Waals surface area contributed by atoms with Crippen molar-refractivity contribution >= 4 is 72.9 Å². The third-order valence-corrected chi connectivity index (χ3v) is 17.1. The molecular weight excluding hydrogens is 1000 g/mol. The van der Waals surface area contributed by atoms with Gasteiger partial charge in [-0.3, -0.25) is 14.9 Å². The minimum absolute atomic E-state index is 0.243. The molecule has 0 fully saturated rings. The number of nitrogens with one attached hydrogen (secondary N) is 3. The molecule has 0 saturated heterocycles. The van der Waals surface area contributed by atoms with Crippen LogP contribution in [0.2, 0.25) is 0 Å². The third kappa shape index (κ3) is 16.6. The highest BCUT2D eigenvalue weighted by Crippen LogP contribution is 2.52. The summed E-state index contributed by atoms with van der Waals surface area (Å²) in [5.41, 5.74) is 16.5. The Bertz CT molecular complexity index is 3020. The number of carbonyl (C=O) groups is 2. The molecule has 0 bridgehead atoms. The van der Waals surface area contributed by atoms with Gasteiger partial charge in [0.2, 0.25) is 6.41 Å². The van der Waals surface area contributed by atoms with E-state index in [1.165, 1.54) is 130 Å². The van der Waals surface area contributed by atoms with Gasteiger partial charge in [0.15, 0.2) is 0 Å². The minimum atomic E-state index is -0.369. The summed E-state index contributed by atoms with van der Waals surface area (Å²) in [4.78, 5) is 29.8. The molecule has 7 aromatic rings. The van der Waals surface area contributed by atoms with E-state index in [-0.39, 0.29) is 11.8 Å². The van der Waals surface area contributed by atoms with Crippen LogP contribution in [0.3, 0.4) is 0 Å². The number of carbonyl (C=O) groups excluding carboxylic acids is 2. The predicted molar refractivity (Wildman–Crippen MR) is 361 cm³/mol. The monoisotopic (exact) mass is 1110 g/mol. The normalized spacial score (nSPS) is 11.5. The average molecular weight is 1110 g/mol. The van der Waals surface area contributed by atoms with E-state index >= 15 is 0 Å². The van der Waals surface area contributed by atoms with Crippen molar-refractivity contribution in [2.24, 2.45) is 5.73 Å². The zero-order valence-corrected chi connectivity index (χ0v) is 52.0. The second-order valence-corrected chi connectivity index (χ2v) is 23.0. The number of benzene rings is 7. The fourth-order valence-electron chi connectivity index (χ4n) is 12.9. The first-order chi connectivity index (χ1) is 40.3. The van der Waals surface area contributed by atoms with E-state index < -0.39 is 0 Å². The van der Waals surface area contributed by atoms with E-state index in [2.05, 4.69) is 160 Å². The Balaban J connectivity index is 0.00000535. The van der Waals surface area contributed by atoms with Gasteiger partial charge in [-0.05, 0) is 176 Å². The van der Waals surface area contributed by atoms with Crippen molar-refractivity contribution in [1.82, 2.24) is 10.6 Å². The van der Waals surface area contributed by atoms with Gasteiger partial charge < -0.3 is 21.3 Å². The molecule has 7 aromatic carbocycles. The maximum Gasteiger partial charge on any atom is 0.258 e. The summed E-state index contributed by atoms with van der Waals surface area (Å²) in [6, 6.07) is 32.4. The molecular formula is C75H105N5O2. The Hall–Kier alpha value is -6.02. The second kappa shape index (κ2) is 35.2. The maximum atomic E-state index is 15.0. The molecule has 2 amide bonds. The van der Waals surface area contributed by atoms with E-state index in [0.717, 1.165) is 137 Å². The quantitative estimate of drug-likeness (QED) is 0.0101. The zero-order chi connectivity index (χ0) is 58.6. The zero-order valence-electron chi connectivity index (χ0n) is 52.0. The summed E-state index contributed by atoms with van der Waals surface area (Å²) < 4.78 is 0. The van der Waals surface area contributed by atoms with Gasteiger partial charge in [-0.1, -0.05) is 218 Å². The lowest BCUT2D eigenvalue weighted by Gasteiger charge is -2.27. The first kappa shape index (κ1) is 65.1. The van der Waals surface area contributed by atoms with E-state index in [9.17, 15) is 9.59 Å². The summed E-state index contributed by atoms with van der Waals surface area (Å²) in [5, 5.41) is 19.6. The average Bonchev–Trinajstić information content (AvgIpc) is 0.907. The smallest absolute Gasteiger partial charge is 0.258 e. The van der Waals surface area contributed by atoms with E-state index in [4.69, 9.17) is 5.73 Å². The van der Waals surface area contributed by atoms with E-state index in [1.807, 2.05) is 19.9 Å². The molecule has 0 spiro atoms.